The number of allylic oxidation sites excluding steroid dienone is 1. The summed E-state index contributed by atoms with van der Waals surface area (Å²) in [5.41, 5.74) is 1.99. The van der Waals surface area contributed by atoms with E-state index < -0.39 is 12.0 Å². The number of esters is 1. The van der Waals surface area contributed by atoms with Crippen LogP contribution < -0.4 is 14.8 Å². The van der Waals surface area contributed by atoms with E-state index in [4.69, 9.17) is 14.2 Å². The van der Waals surface area contributed by atoms with Crippen LogP contribution in [0.1, 0.15) is 18.5 Å². The van der Waals surface area contributed by atoms with E-state index in [-0.39, 0.29) is 6.79 Å². The molecule has 2 aliphatic heterocycles. The monoisotopic (exact) mass is 314 g/mol. The van der Waals surface area contributed by atoms with Gasteiger partial charge in [0.1, 0.15) is 12.4 Å². The lowest BCUT2D eigenvalue weighted by Crippen LogP contribution is -2.29. The molecule has 0 fully saturated rings. The Hall–Kier alpha value is -3.03. The van der Waals surface area contributed by atoms with Gasteiger partial charge in [-0.3, -0.25) is 0 Å². The van der Waals surface area contributed by atoms with Crippen molar-refractivity contribution >= 4 is 11.9 Å². The first-order valence-corrected chi connectivity index (χ1v) is 7.04. The minimum absolute atomic E-state index is 0.193. The van der Waals surface area contributed by atoms with E-state index in [2.05, 4.69) is 15.4 Å². The SMILES string of the molecule is COC(=O)C1=C(C)Nc2ncnn2C1c1ccc2c(c1)OCO2. The summed E-state index contributed by atoms with van der Waals surface area (Å²) in [6, 6.07) is 5.10. The van der Waals surface area contributed by atoms with E-state index in [1.165, 1.54) is 13.4 Å². The molecule has 1 aromatic heterocycles. The number of fused-ring (bicyclic) bond motifs is 2. The van der Waals surface area contributed by atoms with Crippen molar-refractivity contribution < 1.29 is 19.0 Å². The van der Waals surface area contributed by atoms with E-state index >= 15 is 0 Å². The first-order valence-electron chi connectivity index (χ1n) is 7.04. The highest BCUT2D eigenvalue weighted by molar-refractivity contribution is 5.92. The molecular weight excluding hydrogens is 300 g/mol. The highest BCUT2D eigenvalue weighted by Crippen LogP contribution is 2.40. The van der Waals surface area contributed by atoms with Gasteiger partial charge in [0.25, 0.3) is 0 Å². The van der Waals surface area contributed by atoms with Crippen LogP contribution in [0.3, 0.4) is 0 Å². The molecule has 23 heavy (non-hydrogen) atoms. The summed E-state index contributed by atoms with van der Waals surface area (Å²) in [7, 11) is 1.36. The second-order valence-electron chi connectivity index (χ2n) is 5.20. The van der Waals surface area contributed by atoms with Gasteiger partial charge in [-0.25, -0.2) is 9.48 Å². The summed E-state index contributed by atoms with van der Waals surface area (Å²) in [5, 5.41) is 7.31. The predicted octanol–water partition coefficient (Wildman–Crippen LogP) is 1.47. The molecule has 8 heteroatoms. The Labute approximate surface area is 131 Å². The van der Waals surface area contributed by atoms with Crippen LogP contribution in [0.5, 0.6) is 11.5 Å². The number of anilines is 1. The lowest BCUT2D eigenvalue weighted by Gasteiger charge is -2.27. The summed E-state index contributed by atoms with van der Waals surface area (Å²) in [6.07, 6.45) is 1.44. The predicted molar refractivity (Wildman–Crippen MR) is 79.1 cm³/mol. The van der Waals surface area contributed by atoms with Crippen molar-refractivity contribution in [3.05, 3.63) is 41.4 Å². The molecule has 0 spiro atoms. The molecule has 0 amide bonds. The number of carbonyl (C=O) groups is 1. The molecule has 0 bridgehead atoms. The normalized spacial score (nSPS) is 18.4. The zero-order chi connectivity index (χ0) is 16.0. The lowest BCUT2D eigenvalue weighted by atomic mass is 9.95. The highest BCUT2D eigenvalue weighted by Gasteiger charge is 2.34. The highest BCUT2D eigenvalue weighted by atomic mass is 16.7. The first-order chi connectivity index (χ1) is 11.2. The van der Waals surface area contributed by atoms with Crippen LogP contribution in [0.25, 0.3) is 0 Å². The average molecular weight is 314 g/mol. The van der Waals surface area contributed by atoms with Crippen molar-refractivity contribution in [1.82, 2.24) is 14.8 Å². The maximum atomic E-state index is 12.3. The Balaban J connectivity index is 1.88. The summed E-state index contributed by atoms with van der Waals surface area (Å²) >= 11 is 0. The Bertz CT molecular complexity index is 827. The fourth-order valence-corrected chi connectivity index (χ4v) is 2.86. The second-order valence-corrected chi connectivity index (χ2v) is 5.20. The Morgan fingerprint density at radius 1 is 1.39 bits per heavy atom. The van der Waals surface area contributed by atoms with Crippen LogP contribution >= 0.6 is 0 Å². The fourth-order valence-electron chi connectivity index (χ4n) is 2.86. The molecule has 3 heterocycles. The maximum Gasteiger partial charge on any atom is 0.338 e. The molecule has 1 N–H and O–H groups in total. The zero-order valence-corrected chi connectivity index (χ0v) is 12.6. The third-order valence-corrected chi connectivity index (χ3v) is 3.91. The van der Waals surface area contributed by atoms with Crippen molar-refractivity contribution in [2.45, 2.75) is 13.0 Å². The zero-order valence-electron chi connectivity index (χ0n) is 12.6. The van der Waals surface area contributed by atoms with E-state index in [1.807, 2.05) is 25.1 Å². The number of rotatable bonds is 2. The van der Waals surface area contributed by atoms with Gasteiger partial charge in [0.2, 0.25) is 12.7 Å². The molecule has 1 aromatic carbocycles. The van der Waals surface area contributed by atoms with Gasteiger partial charge in [0.15, 0.2) is 11.5 Å². The van der Waals surface area contributed by atoms with E-state index in [0.29, 0.717) is 28.7 Å². The molecule has 2 aromatic rings. The van der Waals surface area contributed by atoms with Gasteiger partial charge < -0.3 is 19.5 Å². The molecule has 2 aliphatic rings. The number of hydrogen-bond acceptors (Lipinski definition) is 7. The minimum Gasteiger partial charge on any atom is -0.466 e. The summed E-state index contributed by atoms with van der Waals surface area (Å²) in [6.45, 7) is 2.00. The first kappa shape index (κ1) is 13.6. The second kappa shape index (κ2) is 5.01. The number of methoxy groups -OCH3 is 1. The average Bonchev–Trinajstić information content (AvgIpc) is 3.20. The minimum atomic E-state index is -0.448. The van der Waals surface area contributed by atoms with Crippen molar-refractivity contribution in [3.8, 4) is 11.5 Å². The van der Waals surface area contributed by atoms with Gasteiger partial charge in [-0.1, -0.05) is 6.07 Å². The van der Waals surface area contributed by atoms with E-state index in [0.717, 1.165) is 5.56 Å². The number of benzene rings is 1. The van der Waals surface area contributed by atoms with Gasteiger partial charge in [-0.05, 0) is 24.6 Å². The third-order valence-electron chi connectivity index (χ3n) is 3.91. The topological polar surface area (TPSA) is 87.5 Å². The Morgan fingerprint density at radius 3 is 3.04 bits per heavy atom. The van der Waals surface area contributed by atoms with Crippen LogP contribution in [-0.4, -0.2) is 34.6 Å². The molecule has 8 nitrogen and oxygen atoms in total. The molecule has 0 radical (unpaired) electrons. The van der Waals surface area contributed by atoms with Gasteiger partial charge in [-0.15, -0.1) is 0 Å². The molecule has 1 atom stereocenters. The van der Waals surface area contributed by atoms with Gasteiger partial charge >= 0.3 is 5.97 Å². The van der Waals surface area contributed by atoms with Crippen LogP contribution in [0.4, 0.5) is 5.95 Å². The van der Waals surface area contributed by atoms with E-state index in [9.17, 15) is 4.79 Å². The number of ether oxygens (including phenoxy) is 3. The molecule has 4 rings (SSSR count). The van der Waals surface area contributed by atoms with Crippen molar-refractivity contribution in [1.29, 1.82) is 0 Å². The van der Waals surface area contributed by atoms with Crippen molar-refractivity contribution in [2.24, 2.45) is 0 Å². The van der Waals surface area contributed by atoms with Gasteiger partial charge in [0, 0.05) is 5.70 Å². The molecule has 1 unspecified atom stereocenters. The number of hydrogen-bond donors (Lipinski definition) is 1. The number of carbonyl (C=O) groups excluding carboxylic acids is 1. The summed E-state index contributed by atoms with van der Waals surface area (Å²) < 4.78 is 17.4. The molecule has 118 valence electrons. The third kappa shape index (κ3) is 2.02. The van der Waals surface area contributed by atoms with Gasteiger partial charge in [-0.2, -0.15) is 10.1 Å². The van der Waals surface area contributed by atoms with Crippen LogP contribution in [0.2, 0.25) is 0 Å². The van der Waals surface area contributed by atoms with Crippen molar-refractivity contribution in [2.75, 3.05) is 19.2 Å². The fraction of sp³-hybridized carbons (Fsp3) is 0.267. The number of nitrogens with zero attached hydrogens (tertiary/aromatic N) is 3. The standard InChI is InChI=1S/C15H14N4O4/c1-8-12(14(20)21-2)13(19-15(18-8)16-6-17-19)9-3-4-10-11(5-9)23-7-22-10/h3-6,13H,7H2,1-2H3,(H,16,17,18). The smallest absolute Gasteiger partial charge is 0.338 e. The largest absolute Gasteiger partial charge is 0.466 e. The Morgan fingerprint density at radius 2 is 2.22 bits per heavy atom. The van der Waals surface area contributed by atoms with Crippen LogP contribution in [0, 0.1) is 0 Å². The summed E-state index contributed by atoms with van der Waals surface area (Å²) in [5.74, 6) is 1.48. The molecular formula is C15H14N4O4. The maximum absolute atomic E-state index is 12.3. The molecule has 0 aliphatic carbocycles. The van der Waals surface area contributed by atoms with E-state index in [1.54, 1.807) is 4.68 Å². The number of nitrogens with one attached hydrogen (secondary N) is 1. The van der Waals surface area contributed by atoms with Crippen LogP contribution in [-0.2, 0) is 9.53 Å². The summed E-state index contributed by atoms with van der Waals surface area (Å²) in [4.78, 5) is 16.5. The lowest BCUT2D eigenvalue weighted by molar-refractivity contribution is -0.136. The Kier molecular flexibility index (Phi) is 2.97. The van der Waals surface area contributed by atoms with Crippen LogP contribution in [0.15, 0.2) is 35.8 Å². The number of aromatic nitrogens is 3. The quantitative estimate of drug-likeness (QED) is 0.840. The molecule has 0 saturated heterocycles. The van der Waals surface area contributed by atoms with Crippen molar-refractivity contribution in [3.63, 3.8) is 0 Å². The molecule has 0 saturated carbocycles. The van der Waals surface area contributed by atoms with Gasteiger partial charge in [0.05, 0.1) is 12.7 Å².